The second kappa shape index (κ2) is 4.95. The summed E-state index contributed by atoms with van der Waals surface area (Å²) in [7, 11) is -1.80. The highest BCUT2D eigenvalue weighted by molar-refractivity contribution is 9.10. The Hall–Kier alpha value is -0.803. The second-order valence-corrected chi connectivity index (χ2v) is 12.1. The van der Waals surface area contributed by atoms with Crippen molar-refractivity contribution >= 4 is 35.0 Å². The first-order valence-electron chi connectivity index (χ1n) is 6.58. The van der Waals surface area contributed by atoms with Crippen molar-refractivity contribution in [3.8, 4) is 5.75 Å². The Bertz CT molecular complexity index is 599. The Morgan fingerprint density at radius 2 is 1.74 bits per heavy atom. The van der Waals surface area contributed by atoms with Crippen LogP contribution in [-0.4, -0.2) is 8.32 Å². The van der Waals surface area contributed by atoms with E-state index in [1.165, 1.54) is 10.8 Å². The predicted octanol–water partition coefficient (Wildman–Crippen LogP) is 5.99. The van der Waals surface area contributed by atoms with Crippen LogP contribution in [0.4, 0.5) is 0 Å². The summed E-state index contributed by atoms with van der Waals surface area (Å²) in [4.78, 5) is 0. The zero-order valence-corrected chi connectivity index (χ0v) is 14.8. The first kappa shape index (κ1) is 14.6. The van der Waals surface area contributed by atoms with Crippen LogP contribution in [0.25, 0.3) is 10.8 Å². The average Bonchev–Trinajstić information content (AvgIpc) is 2.28. The third kappa shape index (κ3) is 3.03. The molecule has 19 heavy (non-hydrogen) atoms. The summed E-state index contributed by atoms with van der Waals surface area (Å²) in [6.45, 7) is 11.4. The maximum atomic E-state index is 6.45. The monoisotopic (exact) mass is 336 g/mol. The van der Waals surface area contributed by atoms with Crippen molar-refractivity contribution in [3.63, 3.8) is 0 Å². The molecule has 102 valence electrons. The van der Waals surface area contributed by atoms with Crippen LogP contribution in [0, 0.1) is 0 Å². The van der Waals surface area contributed by atoms with E-state index in [1.807, 2.05) is 0 Å². The van der Waals surface area contributed by atoms with Crippen LogP contribution in [0.15, 0.2) is 40.9 Å². The van der Waals surface area contributed by atoms with Crippen LogP contribution in [0.5, 0.6) is 5.75 Å². The van der Waals surface area contributed by atoms with E-state index in [1.54, 1.807) is 0 Å². The van der Waals surface area contributed by atoms with E-state index >= 15 is 0 Å². The smallest absolute Gasteiger partial charge is 0.250 e. The minimum Gasteiger partial charge on any atom is -0.543 e. The Kier molecular flexibility index (Phi) is 3.80. The summed E-state index contributed by atoms with van der Waals surface area (Å²) < 4.78 is 7.54. The third-order valence-corrected chi connectivity index (χ3v) is 8.81. The molecule has 0 radical (unpaired) electrons. The molecule has 0 atom stereocenters. The summed E-state index contributed by atoms with van der Waals surface area (Å²) in [5, 5.41) is 2.61. The van der Waals surface area contributed by atoms with Crippen LogP contribution in [0.1, 0.15) is 20.8 Å². The van der Waals surface area contributed by atoms with Crippen molar-refractivity contribution in [2.45, 2.75) is 38.9 Å². The molecule has 1 nitrogen and oxygen atoms in total. The summed E-state index contributed by atoms with van der Waals surface area (Å²) in [5.41, 5.74) is 0. The van der Waals surface area contributed by atoms with E-state index < -0.39 is 8.32 Å². The van der Waals surface area contributed by atoms with Crippen LogP contribution >= 0.6 is 15.9 Å². The summed E-state index contributed by atoms with van der Waals surface area (Å²) >= 11 is 3.54. The van der Waals surface area contributed by atoms with Crippen molar-refractivity contribution in [1.29, 1.82) is 0 Å². The molecule has 0 aliphatic heterocycles. The fourth-order valence-corrected chi connectivity index (χ4v) is 3.13. The zero-order chi connectivity index (χ0) is 14.3. The van der Waals surface area contributed by atoms with Gasteiger partial charge in [-0.25, -0.2) is 0 Å². The van der Waals surface area contributed by atoms with Crippen molar-refractivity contribution in [3.05, 3.63) is 40.9 Å². The molecule has 0 unspecified atom stereocenters. The molecule has 0 amide bonds. The van der Waals surface area contributed by atoms with Gasteiger partial charge in [0, 0.05) is 9.86 Å². The fraction of sp³-hybridized carbons (Fsp3) is 0.375. The van der Waals surface area contributed by atoms with Crippen LogP contribution in [0.3, 0.4) is 0 Å². The Balaban J connectivity index is 2.49. The standard InChI is InChI=1S/C16H21BrOSi/c1-16(2,3)19(4,5)18-15-8-6-7-12-9-10-13(17)11-14(12)15/h6-11H,1-5H3. The molecule has 2 aromatic carbocycles. The lowest BCUT2D eigenvalue weighted by atomic mass is 10.1. The number of fused-ring (bicyclic) bond motifs is 1. The van der Waals surface area contributed by atoms with Gasteiger partial charge < -0.3 is 4.43 Å². The molecule has 3 heteroatoms. The van der Waals surface area contributed by atoms with Crippen LogP contribution in [-0.2, 0) is 0 Å². The number of benzene rings is 2. The molecule has 0 bridgehead atoms. The third-order valence-electron chi connectivity index (χ3n) is 3.98. The van der Waals surface area contributed by atoms with Gasteiger partial charge in [-0.15, -0.1) is 0 Å². The second-order valence-electron chi connectivity index (χ2n) is 6.48. The van der Waals surface area contributed by atoms with Gasteiger partial charge in [0.05, 0.1) is 0 Å². The minimum atomic E-state index is -1.80. The molecule has 0 N–H and O–H groups in total. The lowest BCUT2D eigenvalue weighted by molar-refractivity contribution is 0.496. The van der Waals surface area contributed by atoms with Crippen molar-refractivity contribution < 1.29 is 4.43 Å². The highest BCUT2D eigenvalue weighted by Crippen LogP contribution is 2.39. The number of hydrogen-bond acceptors (Lipinski definition) is 1. The Morgan fingerprint density at radius 1 is 1.05 bits per heavy atom. The lowest BCUT2D eigenvalue weighted by Crippen LogP contribution is -2.43. The van der Waals surface area contributed by atoms with E-state index in [4.69, 9.17) is 4.43 Å². The average molecular weight is 337 g/mol. The number of halogens is 1. The lowest BCUT2D eigenvalue weighted by Gasteiger charge is -2.36. The number of hydrogen-bond donors (Lipinski definition) is 0. The highest BCUT2D eigenvalue weighted by Gasteiger charge is 2.39. The van der Waals surface area contributed by atoms with Crippen molar-refractivity contribution in [2.24, 2.45) is 0 Å². The summed E-state index contributed by atoms with van der Waals surface area (Å²) in [6, 6.07) is 12.6. The normalized spacial score (nSPS) is 12.7. The molecule has 0 fully saturated rings. The molecule has 0 aliphatic rings. The first-order chi connectivity index (χ1) is 8.71. The van der Waals surface area contributed by atoms with E-state index in [0.29, 0.717) is 0 Å². The maximum Gasteiger partial charge on any atom is 0.250 e. The zero-order valence-electron chi connectivity index (χ0n) is 12.3. The molecule has 0 saturated carbocycles. The minimum absolute atomic E-state index is 0.210. The SMILES string of the molecule is CC(C)(C)[Si](C)(C)Oc1cccc2ccc(Br)cc12. The molecule has 2 rings (SSSR count). The summed E-state index contributed by atoms with van der Waals surface area (Å²) in [5.74, 6) is 1.00. The molecule has 0 aromatic heterocycles. The molecule has 0 saturated heterocycles. The quantitative estimate of drug-likeness (QED) is 0.612. The largest absolute Gasteiger partial charge is 0.543 e. The first-order valence-corrected chi connectivity index (χ1v) is 10.3. The van der Waals surface area contributed by atoms with Gasteiger partial charge in [0.1, 0.15) is 5.75 Å². The van der Waals surface area contributed by atoms with E-state index in [2.05, 4.69) is 86.2 Å². The van der Waals surface area contributed by atoms with Gasteiger partial charge >= 0.3 is 0 Å². The van der Waals surface area contributed by atoms with Gasteiger partial charge in [-0.1, -0.05) is 54.9 Å². The number of rotatable bonds is 2. The topological polar surface area (TPSA) is 9.23 Å². The van der Waals surface area contributed by atoms with E-state index in [-0.39, 0.29) is 5.04 Å². The molecule has 0 aliphatic carbocycles. The van der Waals surface area contributed by atoms with Gasteiger partial charge in [-0.05, 0) is 41.7 Å². The van der Waals surface area contributed by atoms with Gasteiger partial charge in [0.25, 0.3) is 8.32 Å². The van der Waals surface area contributed by atoms with Crippen molar-refractivity contribution in [1.82, 2.24) is 0 Å². The maximum absolute atomic E-state index is 6.45. The molecule has 2 aromatic rings. The summed E-state index contributed by atoms with van der Waals surface area (Å²) in [6.07, 6.45) is 0. The highest BCUT2D eigenvalue weighted by atomic mass is 79.9. The molecular formula is C16H21BrOSi. The van der Waals surface area contributed by atoms with Crippen LogP contribution < -0.4 is 4.43 Å². The van der Waals surface area contributed by atoms with Gasteiger partial charge in [0.15, 0.2) is 0 Å². The van der Waals surface area contributed by atoms with Gasteiger partial charge in [-0.2, -0.15) is 0 Å². The van der Waals surface area contributed by atoms with Crippen molar-refractivity contribution in [2.75, 3.05) is 0 Å². The molecule has 0 heterocycles. The predicted molar refractivity (Wildman–Crippen MR) is 89.5 cm³/mol. The fourth-order valence-electron chi connectivity index (χ4n) is 1.73. The van der Waals surface area contributed by atoms with Gasteiger partial charge in [0.2, 0.25) is 0 Å². The van der Waals surface area contributed by atoms with E-state index in [9.17, 15) is 0 Å². The Labute approximate surface area is 125 Å². The van der Waals surface area contributed by atoms with E-state index in [0.717, 1.165) is 10.2 Å². The van der Waals surface area contributed by atoms with Crippen LogP contribution in [0.2, 0.25) is 18.1 Å². The molecular weight excluding hydrogens is 316 g/mol. The Morgan fingerprint density at radius 3 is 2.37 bits per heavy atom. The van der Waals surface area contributed by atoms with Gasteiger partial charge in [-0.3, -0.25) is 0 Å². The molecule has 0 spiro atoms.